The van der Waals surface area contributed by atoms with Crippen molar-refractivity contribution in [2.45, 2.75) is 25.9 Å². The van der Waals surface area contributed by atoms with Gasteiger partial charge in [0.1, 0.15) is 0 Å². The number of rotatable bonds is 4. The van der Waals surface area contributed by atoms with Crippen LogP contribution in [0.5, 0.6) is 0 Å². The lowest BCUT2D eigenvalue weighted by Crippen LogP contribution is -2.25. The minimum Gasteiger partial charge on any atom is -0.399 e. The number of nitrogens with two attached hydrogens (primary N) is 1. The van der Waals surface area contributed by atoms with Gasteiger partial charge in [0.05, 0.1) is 0 Å². The zero-order valence-electron chi connectivity index (χ0n) is 11.9. The van der Waals surface area contributed by atoms with Crippen LogP contribution in [0.25, 0.3) is 0 Å². The van der Waals surface area contributed by atoms with Gasteiger partial charge in [-0.15, -0.1) is 0 Å². The van der Waals surface area contributed by atoms with E-state index in [0.29, 0.717) is 12.1 Å². The third kappa shape index (κ3) is 3.15. The zero-order valence-corrected chi connectivity index (χ0v) is 11.9. The van der Waals surface area contributed by atoms with E-state index >= 15 is 0 Å². The summed E-state index contributed by atoms with van der Waals surface area (Å²) in [7, 11) is 2.16. The monoisotopic (exact) mass is 254 g/mol. The maximum atomic E-state index is 5.87. The van der Waals surface area contributed by atoms with Gasteiger partial charge in [0.15, 0.2) is 0 Å². The first-order valence-electron chi connectivity index (χ1n) is 6.72. The number of hydrogen-bond donors (Lipinski definition) is 1. The fourth-order valence-corrected chi connectivity index (χ4v) is 2.36. The van der Waals surface area contributed by atoms with Crippen molar-refractivity contribution < 1.29 is 0 Å². The van der Waals surface area contributed by atoms with Crippen molar-refractivity contribution in [1.29, 1.82) is 0 Å². The topological polar surface area (TPSA) is 29.3 Å². The van der Waals surface area contributed by atoms with Crippen LogP contribution in [0.2, 0.25) is 0 Å². The van der Waals surface area contributed by atoms with E-state index in [9.17, 15) is 0 Å². The third-order valence-electron chi connectivity index (χ3n) is 3.90. The largest absolute Gasteiger partial charge is 0.399 e. The van der Waals surface area contributed by atoms with Gasteiger partial charge >= 0.3 is 0 Å². The van der Waals surface area contributed by atoms with Crippen LogP contribution in [0.3, 0.4) is 0 Å². The second-order valence-corrected chi connectivity index (χ2v) is 5.10. The molecule has 0 saturated heterocycles. The summed E-state index contributed by atoms with van der Waals surface area (Å²) in [6.45, 7) is 4.45. The van der Waals surface area contributed by atoms with Crippen LogP contribution in [0.1, 0.15) is 37.1 Å². The van der Waals surface area contributed by atoms with E-state index in [4.69, 9.17) is 5.73 Å². The van der Waals surface area contributed by atoms with Crippen molar-refractivity contribution in [2.24, 2.45) is 0 Å². The Morgan fingerprint density at radius 3 is 2.05 bits per heavy atom. The molecule has 2 aromatic carbocycles. The first-order chi connectivity index (χ1) is 9.09. The molecule has 2 N–H and O–H groups in total. The van der Waals surface area contributed by atoms with Crippen molar-refractivity contribution >= 4 is 5.69 Å². The van der Waals surface area contributed by atoms with Crippen LogP contribution >= 0.6 is 0 Å². The van der Waals surface area contributed by atoms with E-state index in [2.05, 4.69) is 68.3 Å². The second-order valence-electron chi connectivity index (χ2n) is 5.10. The van der Waals surface area contributed by atoms with Gasteiger partial charge in [0, 0.05) is 17.8 Å². The molecule has 2 unspecified atom stereocenters. The van der Waals surface area contributed by atoms with Gasteiger partial charge in [-0.2, -0.15) is 0 Å². The number of benzene rings is 2. The fourth-order valence-electron chi connectivity index (χ4n) is 2.36. The molecule has 0 aliphatic carbocycles. The summed E-state index contributed by atoms with van der Waals surface area (Å²) in [5, 5.41) is 0. The Morgan fingerprint density at radius 1 is 0.842 bits per heavy atom. The maximum absolute atomic E-state index is 5.87. The highest BCUT2D eigenvalue weighted by Gasteiger charge is 2.18. The van der Waals surface area contributed by atoms with Crippen LogP contribution in [-0.2, 0) is 0 Å². The molecule has 0 bridgehead atoms. The lowest BCUT2D eigenvalue weighted by molar-refractivity contribution is 0.199. The maximum Gasteiger partial charge on any atom is 0.0323 e. The van der Waals surface area contributed by atoms with Crippen LogP contribution in [0, 0.1) is 0 Å². The number of nitrogens with zero attached hydrogens (tertiary/aromatic N) is 1. The molecule has 2 heteroatoms. The molecule has 0 aliphatic heterocycles. The molecular weight excluding hydrogens is 232 g/mol. The Hall–Kier alpha value is -1.80. The van der Waals surface area contributed by atoms with Crippen molar-refractivity contribution in [2.75, 3.05) is 12.8 Å². The summed E-state index contributed by atoms with van der Waals surface area (Å²) >= 11 is 0. The molecule has 0 saturated carbocycles. The zero-order chi connectivity index (χ0) is 13.8. The number of anilines is 1. The highest BCUT2D eigenvalue weighted by atomic mass is 15.1. The summed E-state index contributed by atoms with van der Waals surface area (Å²) in [5.41, 5.74) is 9.28. The van der Waals surface area contributed by atoms with Gasteiger partial charge < -0.3 is 5.73 Å². The summed E-state index contributed by atoms with van der Waals surface area (Å²) in [4.78, 5) is 2.37. The summed E-state index contributed by atoms with van der Waals surface area (Å²) in [6, 6.07) is 19.4. The predicted molar refractivity (Wildman–Crippen MR) is 81.9 cm³/mol. The van der Waals surface area contributed by atoms with Crippen LogP contribution in [0.15, 0.2) is 54.6 Å². The lowest BCUT2D eigenvalue weighted by atomic mass is 10.0. The molecule has 0 spiro atoms. The Bertz CT molecular complexity index is 522. The first-order valence-corrected chi connectivity index (χ1v) is 6.72. The average Bonchev–Trinajstić information content (AvgIpc) is 2.46. The molecule has 0 radical (unpaired) electrons. The van der Waals surface area contributed by atoms with E-state index in [1.165, 1.54) is 11.1 Å². The van der Waals surface area contributed by atoms with Gasteiger partial charge in [0.2, 0.25) is 0 Å². The quantitative estimate of drug-likeness (QED) is 0.835. The van der Waals surface area contributed by atoms with Gasteiger partial charge in [0.25, 0.3) is 0 Å². The predicted octanol–water partition coefficient (Wildman–Crippen LogP) is 4.02. The van der Waals surface area contributed by atoms with Crippen molar-refractivity contribution in [3.8, 4) is 0 Å². The molecule has 2 aromatic rings. The number of hydrogen-bond acceptors (Lipinski definition) is 2. The summed E-state index contributed by atoms with van der Waals surface area (Å²) in [6.07, 6.45) is 0. The third-order valence-corrected chi connectivity index (χ3v) is 3.90. The minimum absolute atomic E-state index is 0.332. The van der Waals surface area contributed by atoms with Gasteiger partial charge in [-0.25, -0.2) is 0 Å². The van der Waals surface area contributed by atoms with Gasteiger partial charge in [-0.05, 0) is 44.2 Å². The van der Waals surface area contributed by atoms with Crippen molar-refractivity contribution in [1.82, 2.24) is 4.90 Å². The van der Waals surface area contributed by atoms with Gasteiger partial charge in [-0.1, -0.05) is 42.5 Å². The summed E-state index contributed by atoms with van der Waals surface area (Å²) < 4.78 is 0. The van der Waals surface area contributed by atoms with E-state index < -0.39 is 0 Å². The SMILES string of the molecule is CC(c1ccccc1)N(C)C(C)c1cccc(N)c1. The van der Waals surface area contributed by atoms with E-state index in [1.54, 1.807) is 0 Å². The molecular formula is C17H22N2. The van der Waals surface area contributed by atoms with E-state index in [1.807, 2.05) is 12.1 Å². The highest BCUT2D eigenvalue weighted by Crippen LogP contribution is 2.28. The fraction of sp³-hybridized carbons (Fsp3) is 0.294. The average molecular weight is 254 g/mol. The summed E-state index contributed by atoms with van der Waals surface area (Å²) in [5.74, 6) is 0. The Morgan fingerprint density at radius 2 is 1.42 bits per heavy atom. The number of nitrogen functional groups attached to an aromatic ring is 1. The molecule has 0 amide bonds. The molecule has 0 aromatic heterocycles. The van der Waals surface area contributed by atoms with Crippen molar-refractivity contribution in [3.63, 3.8) is 0 Å². The van der Waals surface area contributed by atoms with E-state index in [-0.39, 0.29) is 0 Å². The molecule has 2 atom stereocenters. The molecule has 0 aliphatic rings. The van der Waals surface area contributed by atoms with Gasteiger partial charge in [-0.3, -0.25) is 4.90 Å². The highest BCUT2D eigenvalue weighted by molar-refractivity contribution is 5.41. The Labute approximate surface area is 115 Å². The van der Waals surface area contributed by atoms with Crippen LogP contribution < -0.4 is 5.73 Å². The first kappa shape index (κ1) is 13.6. The Kier molecular flexibility index (Phi) is 4.23. The molecule has 19 heavy (non-hydrogen) atoms. The van der Waals surface area contributed by atoms with E-state index in [0.717, 1.165) is 5.69 Å². The lowest BCUT2D eigenvalue weighted by Gasteiger charge is -2.31. The van der Waals surface area contributed by atoms with Crippen molar-refractivity contribution in [3.05, 3.63) is 65.7 Å². The molecule has 2 nitrogen and oxygen atoms in total. The van der Waals surface area contributed by atoms with Crippen LogP contribution in [0.4, 0.5) is 5.69 Å². The molecule has 2 rings (SSSR count). The standard InChI is InChI=1S/C17H22N2/c1-13(15-8-5-4-6-9-15)19(3)14(2)16-10-7-11-17(18)12-16/h4-14H,18H2,1-3H3. The van der Waals surface area contributed by atoms with Crippen LogP contribution in [-0.4, -0.2) is 11.9 Å². The molecule has 100 valence electrons. The normalized spacial score (nSPS) is 14.3. The Balaban J connectivity index is 2.17. The smallest absolute Gasteiger partial charge is 0.0323 e. The minimum atomic E-state index is 0.332. The second kappa shape index (κ2) is 5.89. The molecule has 0 heterocycles. The molecule has 0 fully saturated rings.